The lowest BCUT2D eigenvalue weighted by atomic mass is 10.2. The van der Waals surface area contributed by atoms with E-state index in [0.717, 1.165) is 16.7 Å². The fraction of sp³-hybridized carbons (Fsp3) is 0.176. The van der Waals surface area contributed by atoms with E-state index < -0.39 is 0 Å². The Balaban J connectivity index is 1.47. The third-order valence-electron chi connectivity index (χ3n) is 3.26. The molecule has 0 radical (unpaired) electrons. The Labute approximate surface area is 133 Å². The van der Waals surface area contributed by atoms with Gasteiger partial charge in [-0.3, -0.25) is 14.8 Å². The number of fused-ring (bicyclic) bond motifs is 1. The molecule has 0 atom stereocenters. The molecule has 3 rings (SSSR count). The standard InChI is InChI=1S/C17H16N4O2/c22-17(14-12-18-9-10-19-14)21-8-3-11-23-15-6-1-4-13-5-2-7-20-16(13)15/h1-2,4-7,9-10,12H,3,8,11H2,(H,21,22). The number of aromatic nitrogens is 3. The number of rotatable bonds is 6. The smallest absolute Gasteiger partial charge is 0.271 e. The van der Waals surface area contributed by atoms with Gasteiger partial charge in [0.05, 0.1) is 12.8 Å². The Bertz CT molecular complexity index is 787. The van der Waals surface area contributed by atoms with Crippen molar-refractivity contribution in [3.63, 3.8) is 0 Å². The van der Waals surface area contributed by atoms with Crippen molar-refractivity contribution in [3.8, 4) is 5.75 Å². The van der Waals surface area contributed by atoms with Crippen LogP contribution in [0.4, 0.5) is 0 Å². The molecule has 0 saturated heterocycles. The molecule has 6 heteroatoms. The summed E-state index contributed by atoms with van der Waals surface area (Å²) in [5.41, 5.74) is 1.16. The summed E-state index contributed by atoms with van der Waals surface area (Å²) in [6.07, 6.45) is 6.90. The minimum atomic E-state index is -0.232. The van der Waals surface area contributed by atoms with Gasteiger partial charge in [-0.1, -0.05) is 18.2 Å². The van der Waals surface area contributed by atoms with E-state index in [2.05, 4.69) is 20.3 Å². The van der Waals surface area contributed by atoms with Crippen molar-refractivity contribution in [2.24, 2.45) is 0 Å². The van der Waals surface area contributed by atoms with Crippen LogP contribution in [0.3, 0.4) is 0 Å². The lowest BCUT2D eigenvalue weighted by Gasteiger charge is -2.09. The molecular formula is C17H16N4O2. The molecule has 23 heavy (non-hydrogen) atoms. The van der Waals surface area contributed by atoms with Gasteiger partial charge in [-0.05, 0) is 18.6 Å². The number of nitrogens with one attached hydrogen (secondary N) is 1. The second kappa shape index (κ2) is 7.31. The number of nitrogens with zero attached hydrogens (tertiary/aromatic N) is 3. The monoisotopic (exact) mass is 308 g/mol. The van der Waals surface area contributed by atoms with Crippen molar-refractivity contribution in [1.29, 1.82) is 0 Å². The van der Waals surface area contributed by atoms with Crippen LogP contribution in [0.2, 0.25) is 0 Å². The first-order valence-corrected chi connectivity index (χ1v) is 7.35. The average Bonchev–Trinajstić information content (AvgIpc) is 2.62. The zero-order valence-electron chi connectivity index (χ0n) is 12.5. The molecule has 1 amide bonds. The Kier molecular flexibility index (Phi) is 4.73. The molecule has 1 N–H and O–H groups in total. The molecule has 0 fully saturated rings. The number of hydrogen-bond donors (Lipinski definition) is 1. The number of para-hydroxylation sites is 1. The second-order valence-electron chi connectivity index (χ2n) is 4.88. The summed E-state index contributed by atoms with van der Waals surface area (Å²) in [4.78, 5) is 23.9. The van der Waals surface area contributed by atoms with Crippen LogP contribution in [0.25, 0.3) is 10.9 Å². The summed E-state index contributed by atoms with van der Waals surface area (Å²) < 4.78 is 5.77. The first kappa shape index (κ1) is 14.9. The molecule has 0 spiro atoms. The van der Waals surface area contributed by atoms with Crippen LogP contribution in [0.5, 0.6) is 5.75 Å². The topological polar surface area (TPSA) is 77.0 Å². The largest absolute Gasteiger partial charge is 0.491 e. The summed E-state index contributed by atoms with van der Waals surface area (Å²) in [5, 5.41) is 3.83. The zero-order valence-corrected chi connectivity index (χ0v) is 12.5. The average molecular weight is 308 g/mol. The summed E-state index contributed by atoms with van der Waals surface area (Å²) >= 11 is 0. The van der Waals surface area contributed by atoms with Gasteiger partial charge < -0.3 is 10.1 Å². The maximum absolute atomic E-state index is 11.8. The highest BCUT2D eigenvalue weighted by Gasteiger charge is 2.06. The molecule has 3 aromatic rings. The fourth-order valence-electron chi connectivity index (χ4n) is 2.16. The predicted molar refractivity (Wildman–Crippen MR) is 86.2 cm³/mol. The lowest BCUT2D eigenvalue weighted by Crippen LogP contribution is -2.26. The van der Waals surface area contributed by atoms with Crippen molar-refractivity contribution in [3.05, 3.63) is 60.8 Å². The number of ether oxygens (including phenoxy) is 1. The summed E-state index contributed by atoms with van der Waals surface area (Å²) in [7, 11) is 0. The SMILES string of the molecule is O=C(NCCCOc1cccc2cccnc12)c1cnccn1. The molecule has 116 valence electrons. The number of pyridine rings is 1. The molecule has 0 aliphatic heterocycles. The van der Waals surface area contributed by atoms with E-state index >= 15 is 0 Å². The van der Waals surface area contributed by atoms with Gasteiger partial charge in [-0.15, -0.1) is 0 Å². The van der Waals surface area contributed by atoms with E-state index in [9.17, 15) is 4.79 Å². The van der Waals surface area contributed by atoms with Gasteiger partial charge in [0.2, 0.25) is 0 Å². The van der Waals surface area contributed by atoms with Crippen LogP contribution >= 0.6 is 0 Å². The van der Waals surface area contributed by atoms with Crippen molar-refractivity contribution >= 4 is 16.8 Å². The number of carbonyl (C=O) groups is 1. The molecule has 2 heterocycles. The Morgan fingerprint density at radius 1 is 1.09 bits per heavy atom. The van der Waals surface area contributed by atoms with Gasteiger partial charge in [0, 0.05) is 30.5 Å². The molecule has 0 aliphatic rings. The van der Waals surface area contributed by atoms with Crippen molar-refractivity contribution in [2.75, 3.05) is 13.2 Å². The highest BCUT2D eigenvalue weighted by atomic mass is 16.5. The normalized spacial score (nSPS) is 10.4. The fourth-order valence-corrected chi connectivity index (χ4v) is 2.16. The minimum Gasteiger partial charge on any atom is -0.491 e. The van der Waals surface area contributed by atoms with Crippen LogP contribution < -0.4 is 10.1 Å². The number of benzene rings is 1. The van der Waals surface area contributed by atoms with Gasteiger partial charge in [-0.2, -0.15) is 0 Å². The summed E-state index contributed by atoms with van der Waals surface area (Å²) in [6, 6.07) is 9.73. The molecule has 0 bridgehead atoms. The summed E-state index contributed by atoms with van der Waals surface area (Å²) in [5.74, 6) is 0.522. The van der Waals surface area contributed by atoms with Crippen molar-refractivity contribution in [2.45, 2.75) is 6.42 Å². The molecule has 0 aliphatic carbocycles. The van der Waals surface area contributed by atoms with Gasteiger partial charge in [0.25, 0.3) is 5.91 Å². The van der Waals surface area contributed by atoms with Crippen LogP contribution in [0.15, 0.2) is 55.1 Å². The highest BCUT2D eigenvalue weighted by molar-refractivity contribution is 5.91. The van der Waals surface area contributed by atoms with E-state index in [1.807, 2.05) is 30.3 Å². The number of amides is 1. The van der Waals surface area contributed by atoms with Crippen LogP contribution in [-0.4, -0.2) is 34.0 Å². The van der Waals surface area contributed by atoms with Crippen molar-refractivity contribution in [1.82, 2.24) is 20.3 Å². The van der Waals surface area contributed by atoms with E-state index in [0.29, 0.717) is 25.3 Å². The van der Waals surface area contributed by atoms with Crippen molar-refractivity contribution < 1.29 is 9.53 Å². The maximum Gasteiger partial charge on any atom is 0.271 e. The molecule has 6 nitrogen and oxygen atoms in total. The van der Waals surface area contributed by atoms with E-state index in [1.165, 1.54) is 18.6 Å². The zero-order chi connectivity index (χ0) is 15.9. The molecule has 1 aromatic carbocycles. The second-order valence-corrected chi connectivity index (χ2v) is 4.88. The third kappa shape index (κ3) is 3.79. The van der Waals surface area contributed by atoms with Crippen LogP contribution in [-0.2, 0) is 0 Å². The van der Waals surface area contributed by atoms with Crippen LogP contribution in [0, 0.1) is 0 Å². The first-order valence-electron chi connectivity index (χ1n) is 7.35. The van der Waals surface area contributed by atoms with E-state index in [-0.39, 0.29) is 5.91 Å². The third-order valence-corrected chi connectivity index (χ3v) is 3.26. The summed E-state index contributed by atoms with van der Waals surface area (Å²) in [6.45, 7) is 1.00. The number of carbonyl (C=O) groups excluding carboxylic acids is 1. The molecule has 0 unspecified atom stereocenters. The van der Waals surface area contributed by atoms with Gasteiger partial charge in [0.15, 0.2) is 0 Å². The Hall–Kier alpha value is -3.02. The van der Waals surface area contributed by atoms with Gasteiger partial charge >= 0.3 is 0 Å². The Morgan fingerprint density at radius 3 is 2.87 bits per heavy atom. The van der Waals surface area contributed by atoms with Crippen LogP contribution in [0.1, 0.15) is 16.9 Å². The molecule has 2 aromatic heterocycles. The molecular weight excluding hydrogens is 292 g/mol. The van der Waals surface area contributed by atoms with Gasteiger partial charge in [-0.25, -0.2) is 4.98 Å². The maximum atomic E-state index is 11.8. The predicted octanol–water partition coefficient (Wildman–Crippen LogP) is 2.22. The highest BCUT2D eigenvalue weighted by Crippen LogP contribution is 2.22. The lowest BCUT2D eigenvalue weighted by molar-refractivity contribution is 0.0946. The molecule has 0 saturated carbocycles. The van der Waals surface area contributed by atoms with E-state index in [4.69, 9.17) is 4.74 Å². The Morgan fingerprint density at radius 2 is 2.00 bits per heavy atom. The quantitative estimate of drug-likeness (QED) is 0.707. The first-order chi connectivity index (χ1) is 11.3. The number of hydrogen-bond acceptors (Lipinski definition) is 5. The van der Waals surface area contributed by atoms with Gasteiger partial charge in [0.1, 0.15) is 17.0 Å². The van der Waals surface area contributed by atoms with E-state index in [1.54, 1.807) is 6.20 Å². The minimum absolute atomic E-state index is 0.232.